The van der Waals surface area contributed by atoms with Gasteiger partial charge in [0.05, 0.1) is 11.6 Å². The highest BCUT2D eigenvalue weighted by atomic mass is 35.5. The fourth-order valence-electron chi connectivity index (χ4n) is 3.69. The van der Waals surface area contributed by atoms with Crippen LogP contribution in [0.1, 0.15) is 42.3 Å². The van der Waals surface area contributed by atoms with Gasteiger partial charge in [-0.15, -0.1) is 0 Å². The zero-order valence-electron chi connectivity index (χ0n) is 13.4. The molecule has 1 aromatic heterocycles. The molecule has 8 heteroatoms. The van der Waals surface area contributed by atoms with Crippen molar-refractivity contribution in [2.24, 2.45) is 0 Å². The molecular weight excluding hydrogens is 349 g/mol. The molecule has 132 valence electrons. The minimum atomic E-state index is -0.706. The summed E-state index contributed by atoms with van der Waals surface area (Å²) in [6.45, 7) is 1.19. The normalized spacial score (nSPS) is 21.0. The number of amides is 1. The van der Waals surface area contributed by atoms with Gasteiger partial charge in [0.25, 0.3) is 5.56 Å². The summed E-state index contributed by atoms with van der Waals surface area (Å²) in [6, 6.07) is 4.38. The van der Waals surface area contributed by atoms with E-state index in [0.29, 0.717) is 24.6 Å². The molecule has 0 aliphatic carbocycles. The average molecular weight is 366 g/mol. The number of anilines is 1. The first-order chi connectivity index (χ1) is 12.1. The van der Waals surface area contributed by atoms with Crippen molar-refractivity contribution in [3.63, 3.8) is 0 Å². The van der Waals surface area contributed by atoms with E-state index in [1.165, 1.54) is 12.1 Å². The highest BCUT2D eigenvalue weighted by Crippen LogP contribution is 2.40. The van der Waals surface area contributed by atoms with Crippen LogP contribution >= 0.6 is 11.6 Å². The van der Waals surface area contributed by atoms with E-state index in [4.69, 9.17) is 16.3 Å². The average Bonchev–Trinajstić information content (AvgIpc) is 2.92. The van der Waals surface area contributed by atoms with Gasteiger partial charge in [0.15, 0.2) is 0 Å². The number of rotatable bonds is 2. The fourth-order valence-corrected chi connectivity index (χ4v) is 3.99. The van der Waals surface area contributed by atoms with Crippen LogP contribution in [0.2, 0.25) is 5.02 Å². The number of H-pyrrole nitrogens is 1. The monoisotopic (exact) mass is 365 g/mol. The number of halogens is 2. The van der Waals surface area contributed by atoms with Crippen molar-refractivity contribution < 1.29 is 13.9 Å². The first-order valence-corrected chi connectivity index (χ1v) is 8.60. The number of nitrogens with one attached hydrogen (secondary N) is 2. The van der Waals surface area contributed by atoms with Crippen LogP contribution < -0.4 is 10.9 Å². The quantitative estimate of drug-likeness (QED) is 0.859. The number of aromatic nitrogens is 2. The van der Waals surface area contributed by atoms with Gasteiger partial charge in [-0.1, -0.05) is 17.7 Å². The van der Waals surface area contributed by atoms with Crippen LogP contribution in [0.15, 0.2) is 23.0 Å². The molecule has 4 rings (SSSR count). The van der Waals surface area contributed by atoms with Gasteiger partial charge in [0, 0.05) is 36.1 Å². The van der Waals surface area contributed by atoms with Crippen molar-refractivity contribution in [3.05, 3.63) is 50.5 Å². The predicted octanol–water partition coefficient (Wildman–Crippen LogP) is 2.79. The Morgan fingerprint density at radius 2 is 1.96 bits per heavy atom. The third-order valence-electron chi connectivity index (χ3n) is 4.86. The van der Waals surface area contributed by atoms with Crippen LogP contribution in [0, 0.1) is 5.82 Å². The molecule has 6 nitrogen and oxygen atoms in total. The van der Waals surface area contributed by atoms with Gasteiger partial charge in [-0.2, -0.15) is 0 Å². The van der Waals surface area contributed by atoms with E-state index in [-0.39, 0.29) is 34.5 Å². The largest absolute Gasteiger partial charge is 0.381 e. The molecule has 0 saturated carbocycles. The van der Waals surface area contributed by atoms with Crippen molar-refractivity contribution in [3.8, 4) is 0 Å². The van der Waals surface area contributed by atoms with Crippen LogP contribution in [0.3, 0.4) is 0 Å². The van der Waals surface area contributed by atoms with E-state index in [1.807, 2.05) is 0 Å². The van der Waals surface area contributed by atoms with Crippen molar-refractivity contribution in [2.75, 3.05) is 18.5 Å². The minimum absolute atomic E-state index is 0.0193. The van der Waals surface area contributed by atoms with Crippen LogP contribution in [0.5, 0.6) is 0 Å². The Labute approximate surface area is 147 Å². The van der Waals surface area contributed by atoms with Crippen molar-refractivity contribution in [1.29, 1.82) is 0 Å². The van der Waals surface area contributed by atoms with Gasteiger partial charge in [-0.25, -0.2) is 4.39 Å². The Morgan fingerprint density at radius 1 is 1.20 bits per heavy atom. The second-order valence-electron chi connectivity index (χ2n) is 6.36. The number of aromatic amines is 1. The fraction of sp³-hybridized carbons (Fsp3) is 0.412. The second-order valence-corrected chi connectivity index (χ2v) is 6.76. The van der Waals surface area contributed by atoms with Gasteiger partial charge in [0.1, 0.15) is 11.6 Å². The molecule has 2 aliphatic heterocycles. The van der Waals surface area contributed by atoms with Crippen LogP contribution in [-0.2, 0) is 9.53 Å². The number of hydrogen-bond donors (Lipinski definition) is 2. The lowest BCUT2D eigenvalue weighted by molar-refractivity contribution is -0.116. The van der Waals surface area contributed by atoms with Gasteiger partial charge >= 0.3 is 0 Å². The number of hydrogen-bond acceptors (Lipinski definition) is 3. The molecule has 1 amide bonds. The van der Waals surface area contributed by atoms with Crippen molar-refractivity contribution >= 4 is 23.3 Å². The Bertz CT molecular complexity index is 865. The molecular formula is C17H17ClFN3O3. The Kier molecular flexibility index (Phi) is 4.13. The third-order valence-corrected chi connectivity index (χ3v) is 5.19. The zero-order chi connectivity index (χ0) is 17.6. The molecule has 2 N–H and O–H groups in total. The van der Waals surface area contributed by atoms with E-state index in [0.717, 1.165) is 12.8 Å². The van der Waals surface area contributed by atoms with Gasteiger partial charge < -0.3 is 10.1 Å². The van der Waals surface area contributed by atoms with E-state index in [2.05, 4.69) is 10.4 Å². The van der Waals surface area contributed by atoms with Crippen LogP contribution in [0.25, 0.3) is 0 Å². The van der Waals surface area contributed by atoms with Gasteiger partial charge in [0.2, 0.25) is 5.91 Å². The number of ether oxygens (including phenoxy) is 1. The molecule has 0 bridgehead atoms. The summed E-state index contributed by atoms with van der Waals surface area (Å²) in [7, 11) is 0. The van der Waals surface area contributed by atoms with Gasteiger partial charge in [-0.3, -0.25) is 19.4 Å². The first-order valence-electron chi connectivity index (χ1n) is 8.22. The molecule has 0 radical (unpaired) electrons. The van der Waals surface area contributed by atoms with E-state index >= 15 is 0 Å². The van der Waals surface area contributed by atoms with E-state index < -0.39 is 11.7 Å². The summed E-state index contributed by atoms with van der Waals surface area (Å²) in [6.07, 6.45) is 1.45. The minimum Gasteiger partial charge on any atom is -0.381 e. The second kappa shape index (κ2) is 6.31. The summed E-state index contributed by atoms with van der Waals surface area (Å²) in [4.78, 5) is 24.9. The van der Waals surface area contributed by atoms with E-state index in [1.54, 1.807) is 10.7 Å². The van der Waals surface area contributed by atoms with Crippen molar-refractivity contribution in [2.45, 2.75) is 31.2 Å². The molecule has 1 fully saturated rings. The standard InChI is InChI=1S/C17H17ClFN3O3/c18-11-2-1-3-12(19)14(11)10-8-13(23)20-16-15(10)17(24)21-22(16)9-4-6-25-7-5-9/h1-3,9-10H,4-8H2,(H,20,23)(H,21,24). The topological polar surface area (TPSA) is 76.1 Å². The Morgan fingerprint density at radius 3 is 2.68 bits per heavy atom. The highest BCUT2D eigenvalue weighted by Gasteiger charge is 2.36. The number of fused-ring (bicyclic) bond motifs is 1. The first kappa shape index (κ1) is 16.4. The Hall–Kier alpha value is -2.12. The zero-order valence-corrected chi connectivity index (χ0v) is 14.1. The molecule has 0 spiro atoms. The SMILES string of the molecule is O=C1CC(c2c(F)cccc2Cl)c2c(n(C3CCOCC3)[nH]c2=O)N1. The molecule has 1 saturated heterocycles. The van der Waals surface area contributed by atoms with Crippen molar-refractivity contribution in [1.82, 2.24) is 9.78 Å². The summed E-state index contributed by atoms with van der Waals surface area (Å²) in [5.74, 6) is -1.08. The maximum absolute atomic E-state index is 14.4. The van der Waals surface area contributed by atoms with Gasteiger partial charge in [-0.05, 0) is 25.0 Å². The molecule has 1 aromatic carbocycles. The lowest BCUT2D eigenvalue weighted by Gasteiger charge is -2.28. The number of benzene rings is 1. The van der Waals surface area contributed by atoms with Crippen LogP contribution in [0.4, 0.5) is 10.2 Å². The molecule has 3 heterocycles. The van der Waals surface area contributed by atoms with Crippen LogP contribution in [-0.4, -0.2) is 28.9 Å². The lowest BCUT2D eigenvalue weighted by Crippen LogP contribution is -2.29. The molecule has 25 heavy (non-hydrogen) atoms. The number of carbonyl (C=O) groups is 1. The lowest BCUT2D eigenvalue weighted by atomic mass is 9.86. The number of carbonyl (C=O) groups excluding carboxylic acids is 1. The third kappa shape index (κ3) is 2.77. The summed E-state index contributed by atoms with van der Waals surface area (Å²) < 4.78 is 21.4. The summed E-state index contributed by atoms with van der Waals surface area (Å²) >= 11 is 6.18. The molecule has 2 aliphatic rings. The Balaban J connectivity index is 1.86. The molecule has 1 atom stereocenters. The maximum Gasteiger partial charge on any atom is 0.270 e. The summed E-state index contributed by atoms with van der Waals surface area (Å²) in [5.41, 5.74) is 0.222. The number of nitrogens with zero attached hydrogens (tertiary/aromatic N) is 1. The summed E-state index contributed by atoms with van der Waals surface area (Å²) in [5, 5.41) is 5.79. The van der Waals surface area contributed by atoms with E-state index in [9.17, 15) is 14.0 Å². The highest BCUT2D eigenvalue weighted by molar-refractivity contribution is 6.31. The molecule has 1 unspecified atom stereocenters. The molecule has 2 aromatic rings. The predicted molar refractivity (Wildman–Crippen MR) is 90.6 cm³/mol. The maximum atomic E-state index is 14.4. The smallest absolute Gasteiger partial charge is 0.270 e.